The molecule has 1 heterocycles. The van der Waals surface area contributed by atoms with Gasteiger partial charge in [-0.15, -0.1) is 0 Å². The molecule has 2 N–H and O–H groups in total. The van der Waals surface area contributed by atoms with Gasteiger partial charge in [-0.25, -0.2) is 4.98 Å². The van der Waals surface area contributed by atoms with E-state index in [4.69, 9.17) is 5.73 Å². The Morgan fingerprint density at radius 1 is 1.25 bits per heavy atom. The second-order valence-corrected chi connectivity index (χ2v) is 4.83. The molecule has 0 saturated heterocycles. The summed E-state index contributed by atoms with van der Waals surface area (Å²) < 4.78 is 0. The van der Waals surface area contributed by atoms with Crippen LogP contribution in [0.1, 0.15) is 32.6 Å². The van der Waals surface area contributed by atoms with Crippen molar-refractivity contribution in [2.75, 3.05) is 17.7 Å². The summed E-state index contributed by atoms with van der Waals surface area (Å²) in [7, 11) is 2.09. The fourth-order valence-corrected chi connectivity index (χ4v) is 2.36. The maximum absolute atomic E-state index is 5.65. The minimum Gasteiger partial charge on any atom is -0.382 e. The van der Waals surface area contributed by atoms with E-state index in [-0.39, 0.29) is 0 Å². The number of hydrogen-bond acceptors (Lipinski definition) is 4. The zero-order valence-electron chi connectivity index (χ0n) is 10.1. The van der Waals surface area contributed by atoms with Crippen molar-refractivity contribution < 1.29 is 0 Å². The summed E-state index contributed by atoms with van der Waals surface area (Å²) in [6.45, 7) is 2.33. The third-order valence-electron chi connectivity index (χ3n) is 3.53. The molecule has 4 heteroatoms. The predicted octanol–water partition coefficient (Wildman–Crippen LogP) is 2.07. The van der Waals surface area contributed by atoms with Crippen molar-refractivity contribution in [3.05, 3.63) is 12.4 Å². The Morgan fingerprint density at radius 2 is 1.94 bits per heavy atom. The van der Waals surface area contributed by atoms with E-state index in [1.165, 1.54) is 25.7 Å². The third kappa shape index (κ3) is 2.43. The van der Waals surface area contributed by atoms with Crippen molar-refractivity contribution in [1.29, 1.82) is 0 Å². The monoisotopic (exact) mass is 220 g/mol. The quantitative estimate of drug-likeness (QED) is 0.829. The molecule has 0 aliphatic heterocycles. The topological polar surface area (TPSA) is 55.0 Å². The Labute approximate surface area is 96.9 Å². The first-order chi connectivity index (χ1) is 7.66. The maximum atomic E-state index is 5.65. The fraction of sp³-hybridized carbons (Fsp3) is 0.667. The molecule has 0 bridgehead atoms. The van der Waals surface area contributed by atoms with E-state index >= 15 is 0 Å². The summed E-state index contributed by atoms with van der Waals surface area (Å²) >= 11 is 0. The molecule has 1 aliphatic rings. The average molecular weight is 220 g/mol. The Morgan fingerprint density at radius 3 is 2.56 bits per heavy atom. The van der Waals surface area contributed by atoms with Gasteiger partial charge in [-0.05, 0) is 31.6 Å². The number of nitrogens with zero attached hydrogens (tertiary/aromatic N) is 3. The first-order valence-electron chi connectivity index (χ1n) is 5.97. The van der Waals surface area contributed by atoms with Crippen LogP contribution in [-0.4, -0.2) is 23.1 Å². The lowest BCUT2D eigenvalue weighted by Gasteiger charge is -2.34. The number of anilines is 2. The molecular weight excluding hydrogens is 200 g/mol. The largest absolute Gasteiger partial charge is 0.382 e. The van der Waals surface area contributed by atoms with Gasteiger partial charge in [-0.3, -0.25) is 4.98 Å². The van der Waals surface area contributed by atoms with E-state index in [1.807, 2.05) is 0 Å². The van der Waals surface area contributed by atoms with Crippen molar-refractivity contribution in [2.24, 2.45) is 5.92 Å². The Hall–Kier alpha value is -1.32. The van der Waals surface area contributed by atoms with Gasteiger partial charge in [0.25, 0.3) is 0 Å². The number of nitrogen functional groups attached to an aromatic ring is 1. The van der Waals surface area contributed by atoms with Gasteiger partial charge in [0, 0.05) is 13.1 Å². The van der Waals surface area contributed by atoms with Crippen LogP contribution in [0.4, 0.5) is 11.6 Å². The second-order valence-electron chi connectivity index (χ2n) is 4.83. The first-order valence-corrected chi connectivity index (χ1v) is 5.97. The van der Waals surface area contributed by atoms with Crippen LogP contribution >= 0.6 is 0 Å². The van der Waals surface area contributed by atoms with Gasteiger partial charge in [0.1, 0.15) is 11.6 Å². The SMILES string of the molecule is CC1CCC(N(C)c2cncc(N)n2)CC1. The molecule has 0 atom stereocenters. The molecule has 1 saturated carbocycles. The Bertz CT molecular complexity index is 345. The van der Waals surface area contributed by atoms with Crippen molar-refractivity contribution >= 4 is 11.6 Å². The first kappa shape index (κ1) is 11.2. The molecule has 0 unspecified atom stereocenters. The van der Waals surface area contributed by atoms with Gasteiger partial charge in [-0.2, -0.15) is 0 Å². The van der Waals surface area contributed by atoms with Crippen LogP contribution in [0, 0.1) is 5.92 Å². The second kappa shape index (κ2) is 4.68. The van der Waals surface area contributed by atoms with Gasteiger partial charge >= 0.3 is 0 Å². The minimum atomic E-state index is 0.494. The molecule has 16 heavy (non-hydrogen) atoms. The molecule has 0 spiro atoms. The van der Waals surface area contributed by atoms with Crippen LogP contribution in [0.3, 0.4) is 0 Å². The van der Waals surface area contributed by atoms with Gasteiger partial charge in [0.2, 0.25) is 0 Å². The third-order valence-corrected chi connectivity index (χ3v) is 3.53. The standard InChI is InChI=1S/C12H20N4/c1-9-3-5-10(6-4-9)16(2)12-8-14-7-11(13)15-12/h7-10H,3-6H2,1-2H3,(H2,13,15). The van der Waals surface area contributed by atoms with Crippen LogP contribution in [0.5, 0.6) is 0 Å². The number of rotatable bonds is 2. The minimum absolute atomic E-state index is 0.494. The highest BCUT2D eigenvalue weighted by atomic mass is 15.2. The lowest BCUT2D eigenvalue weighted by molar-refractivity contribution is 0.340. The summed E-state index contributed by atoms with van der Waals surface area (Å²) in [5.74, 6) is 2.25. The summed E-state index contributed by atoms with van der Waals surface area (Å²) in [4.78, 5) is 10.6. The highest BCUT2D eigenvalue weighted by molar-refractivity contribution is 5.41. The van der Waals surface area contributed by atoms with E-state index in [1.54, 1.807) is 12.4 Å². The van der Waals surface area contributed by atoms with Crippen molar-refractivity contribution in [1.82, 2.24) is 9.97 Å². The van der Waals surface area contributed by atoms with Gasteiger partial charge in [0.05, 0.1) is 12.4 Å². The van der Waals surface area contributed by atoms with Crippen LogP contribution in [-0.2, 0) is 0 Å². The van der Waals surface area contributed by atoms with Crippen molar-refractivity contribution in [3.8, 4) is 0 Å². The molecule has 1 aliphatic carbocycles. The average Bonchev–Trinajstić information content (AvgIpc) is 2.29. The van der Waals surface area contributed by atoms with E-state index in [0.29, 0.717) is 11.9 Å². The van der Waals surface area contributed by atoms with Crippen LogP contribution in [0.2, 0.25) is 0 Å². The molecule has 1 fully saturated rings. The summed E-state index contributed by atoms with van der Waals surface area (Å²) in [6.07, 6.45) is 8.48. The summed E-state index contributed by atoms with van der Waals surface area (Å²) in [5.41, 5.74) is 5.65. The fourth-order valence-electron chi connectivity index (χ4n) is 2.36. The van der Waals surface area contributed by atoms with Crippen LogP contribution in [0.15, 0.2) is 12.4 Å². The van der Waals surface area contributed by atoms with E-state index in [2.05, 4.69) is 28.8 Å². The van der Waals surface area contributed by atoms with Crippen molar-refractivity contribution in [2.45, 2.75) is 38.6 Å². The van der Waals surface area contributed by atoms with Gasteiger partial charge in [0.15, 0.2) is 0 Å². The van der Waals surface area contributed by atoms with E-state index in [9.17, 15) is 0 Å². The molecule has 0 amide bonds. The smallest absolute Gasteiger partial charge is 0.149 e. The number of nitrogens with two attached hydrogens (primary N) is 1. The molecule has 0 radical (unpaired) electrons. The van der Waals surface area contributed by atoms with Gasteiger partial charge in [-0.1, -0.05) is 6.92 Å². The molecule has 88 valence electrons. The highest BCUT2D eigenvalue weighted by Crippen LogP contribution is 2.28. The maximum Gasteiger partial charge on any atom is 0.149 e. The Balaban J connectivity index is 2.04. The van der Waals surface area contributed by atoms with E-state index in [0.717, 1.165) is 11.7 Å². The lowest BCUT2D eigenvalue weighted by atomic mass is 9.87. The number of hydrogen-bond donors (Lipinski definition) is 1. The lowest BCUT2D eigenvalue weighted by Crippen LogP contribution is -2.35. The molecular formula is C12H20N4. The van der Waals surface area contributed by atoms with Gasteiger partial charge < -0.3 is 10.6 Å². The molecule has 1 aromatic rings. The predicted molar refractivity (Wildman–Crippen MR) is 66.3 cm³/mol. The zero-order chi connectivity index (χ0) is 11.5. The normalized spacial score (nSPS) is 25.4. The van der Waals surface area contributed by atoms with Crippen LogP contribution in [0.25, 0.3) is 0 Å². The zero-order valence-corrected chi connectivity index (χ0v) is 10.1. The summed E-state index contributed by atoms with van der Waals surface area (Å²) in [5, 5.41) is 0. The van der Waals surface area contributed by atoms with E-state index < -0.39 is 0 Å². The highest BCUT2D eigenvalue weighted by Gasteiger charge is 2.22. The molecule has 1 aromatic heterocycles. The molecule has 0 aromatic carbocycles. The molecule has 4 nitrogen and oxygen atoms in total. The number of aromatic nitrogens is 2. The summed E-state index contributed by atoms with van der Waals surface area (Å²) in [6, 6.07) is 0.590. The van der Waals surface area contributed by atoms with Crippen molar-refractivity contribution in [3.63, 3.8) is 0 Å². The Kier molecular flexibility index (Phi) is 3.27. The van der Waals surface area contributed by atoms with Crippen LogP contribution < -0.4 is 10.6 Å². The molecule has 2 rings (SSSR count).